The van der Waals surface area contributed by atoms with Crippen molar-refractivity contribution in [2.75, 3.05) is 0 Å². The topological polar surface area (TPSA) is 65.2 Å². The lowest BCUT2D eigenvalue weighted by atomic mass is 10.1. The number of nitrogens with two attached hydrogens (primary N) is 1. The second kappa shape index (κ2) is 2.39. The lowest BCUT2D eigenvalue weighted by Gasteiger charge is -2.05. The first kappa shape index (κ1) is 8.05. The molecule has 1 amide bonds. The average Bonchev–Trinajstić information content (AvgIpc) is 2.70. The van der Waals surface area contributed by atoms with Crippen LogP contribution in [0.4, 0.5) is 0 Å². The number of fused-ring (bicyclic) bond motifs is 3. The molecule has 14 heavy (non-hydrogen) atoms. The van der Waals surface area contributed by atoms with Gasteiger partial charge in [-0.1, -0.05) is 11.6 Å². The van der Waals surface area contributed by atoms with Gasteiger partial charge in [-0.15, -0.1) is 0 Å². The van der Waals surface area contributed by atoms with Gasteiger partial charge in [-0.2, -0.15) is 0 Å². The maximum Gasteiger partial charge on any atom is 0.225 e. The van der Waals surface area contributed by atoms with Crippen LogP contribution >= 0.6 is 11.6 Å². The summed E-state index contributed by atoms with van der Waals surface area (Å²) in [6.07, 6.45) is 1.58. The highest BCUT2D eigenvalue weighted by Gasteiger charge is 2.62. The number of aromatic nitrogens is 1. The first-order chi connectivity index (χ1) is 6.68. The highest BCUT2D eigenvalue weighted by atomic mass is 35.5. The van der Waals surface area contributed by atoms with Crippen molar-refractivity contribution in [3.63, 3.8) is 0 Å². The zero-order valence-corrected chi connectivity index (χ0v) is 7.86. The number of nitrogens with zero attached hydrogens (tertiary/aromatic N) is 1. The van der Waals surface area contributed by atoms with E-state index in [9.17, 15) is 4.79 Å². The molecule has 3 atom stereocenters. The van der Waals surface area contributed by atoms with Crippen LogP contribution in [0.1, 0.15) is 11.5 Å². The molecule has 2 N–H and O–H groups in total. The summed E-state index contributed by atoms with van der Waals surface area (Å²) in [7, 11) is 0. The van der Waals surface area contributed by atoms with E-state index in [2.05, 4.69) is 4.98 Å². The fraction of sp³-hybridized carbons (Fsp3) is 0.333. The van der Waals surface area contributed by atoms with Crippen LogP contribution in [0.15, 0.2) is 12.3 Å². The second-order valence-electron chi connectivity index (χ2n) is 3.58. The van der Waals surface area contributed by atoms with Gasteiger partial charge in [0.2, 0.25) is 5.91 Å². The number of pyridine rings is 1. The van der Waals surface area contributed by atoms with Gasteiger partial charge in [0.1, 0.15) is 17.0 Å². The Morgan fingerprint density at radius 2 is 2.43 bits per heavy atom. The van der Waals surface area contributed by atoms with Crippen molar-refractivity contribution in [2.24, 2.45) is 11.7 Å². The molecule has 3 unspecified atom stereocenters. The van der Waals surface area contributed by atoms with E-state index in [1.165, 1.54) is 0 Å². The summed E-state index contributed by atoms with van der Waals surface area (Å²) >= 11 is 5.70. The number of primary amides is 1. The van der Waals surface area contributed by atoms with E-state index in [0.29, 0.717) is 5.15 Å². The molecule has 1 aliphatic carbocycles. The summed E-state index contributed by atoms with van der Waals surface area (Å²) in [6.45, 7) is 0. The zero-order chi connectivity index (χ0) is 9.87. The van der Waals surface area contributed by atoms with Crippen LogP contribution in [0.3, 0.4) is 0 Å². The quantitative estimate of drug-likeness (QED) is 0.694. The normalized spacial score (nSPS) is 31.6. The van der Waals surface area contributed by atoms with Crippen molar-refractivity contribution in [1.82, 2.24) is 4.98 Å². The Balaban J connectivity index is 1.99. The molecular weight excluding hydrogens is 204 g/mol. The maximum absolute atomic E-state index is 10.9. The van der Waals surface area contributed by atoms with Crippen LogP contribution in [0.25, 0.3) is 0 Å². The Hall–Kier alpha value is -1.29. The van der Waals surface area contributed by atoms with Gasteiger partial charge in [0.25, 0.3) is 0 Å². The van der Waals surface area contributed by atoms with Gasteiger partial charge in [0.05, 0.1) is 5.92 Å². The molecule has 72 valence electrons. The molecule has 0 bridgehead atoms. The third-order valence-electron chi connectivity index (χ3n) is 2.77. The molecule has 1 aromatic heterocycles. The van der Waals surface area contributed by atoms with E-state index in [4.69, 9.17) is 22.1 Å². The molecule has 1 saturated carbocycles. The molecule has 0 spiro atoms. The smallest absolute Gasteiger partial charge is 0.225 e. The Kier molecular flexibility index (Phi) is 1.37. The molecular formula is C9H7ClN2O2. The van der Waals surface area contributed by atoms with Gasteiger partial charge in [0.15, 0.2) is 0 Å². The van der Waals surface area contributed by atoms with Gasteiger partial charge in [0, 0.05) is 23.7 Å². The molecule has 1 fully saturated rings. The minimum absolute atomic E-state index is 0.0808. The van der Waals surface area contributed by atoms with Crippen LogP contribution in [0.2, 0.25) is 5.15 Å². The van der Waals surface area contributed by atoms with Crippen molar-refractivity contribution in [2.45, 2.75) is 12.0 Å². The Labute approximate surface area is 85.0 Å². The van der Waals surface area contributed by atoms with Crippen LogP contribution < -0.4 is 10.5 Å². The highest BCUT2D eigenvalue weighted by molar-refractivity contribution is 6.29. The largest absolute Gasteiger partial charge is 0.488 e. The monoisotopic (exact) mass is 210 g/mol. The van der Waals surface area contributed by atoms with Crippen LogP contribution in [-0.2, 0) is 4.79 Å². The van der Waals surface area contributed by atoms with Gasteiger partial charge in [-0.05, 0) is 0 Å². The molecule has 4 nitrogen and oxygen atoms in total. The van der Waals surface area contributed by atoms with Crippen LogP contribution in [-0.4, -0.2) is 17.0 Å². The summed E-state index contributed by atoms with van der Waals surface area (Å²) in [6, 6.07) is 1.67. The number of rotatable bonds is 1. The van der Waals surface area contributed by atoms with E-state index in [1.54, 1.807) is 12.3 Å². The van der Waals surface area contributed by atoms with Crippen LogP contribution in [0, 0.1) is 5.92 Å². The van der Waals surface area contributed by atoms with E-state index < -0.39 is 0 Å². The zero-order valence-electron chi connectivity index (χ0n) is 7.11. The number of ether oxygens (including phenoxy) is 1. The summed E-state index contributed by atoms with van der Waals surface area (Å²) in [5.41, 5.74) is 6.16. The SMILES string of the molecule is NC(=O)C1C2Oc3cc(Cl)ncc3C21. The Morgan fingerprint density at radius 3 is 3.14 bits per heavy atom. The number of hydrogen-bond donors (Lipinski definition) is 1. The van der Waals surface area contributed by atoms with E-state index in [1.807, 2.05) is 0 Å². The first-order valence-electron chi connectivity index (χ1n) is 4.30. The van der Waals surface area contributed by atoms with Gasteiger partial charge >= 0.3 is 0 Å². The second-order valence-corrected chi connectivity index (χ2v) is 3.97. The van der Waals surface area contributed by atoms with Gasteiger partial charge < -0.3 is 10.5 Å². The van der Waals surface area contributed by atoms with E-state index >= 15 is 0 Å². The lowest BCUT2D eigenvalue weighted by Crippen LogP contribution is -2.18. The lowest BCUT2D eigenvalue weighted by molar-refractivity contribution is -0.119. The molecule has 0 aromatic carbocycles. The fourth-order valence-corrected chi connectivity index (χ4v) is 2.21. The number of amides is 1. The molecule has 1 aromatic rings. The number of hydrogen-bond acceptors (Lipinski definition) is 3. The molecule has 3 rings (SSSR count). The fourth-order valence-electron chi connectivity index (χ4n) is 2.06. The summed E-state index contributed by atoms with van der Waals surface area (Å²) in [4.78, 5) is 14.9. The highest BCUT2D eigenvalue weighted by Crippen LogP contribution is 2.57. The van der Waals surface area contributed by atoms with Crippen LogP contribution in [0.5, 0.6) is 5.75 Å². The Bertz CT molecular complexity index is 435. The molecule has 2 aliphatic rings. The maximum atomic E-state index is 10.9. The standard InChI is InChI=1S/C9H7ClN2O2/c10-5-1-4-3(2-12-5)6-7(9(11)13)8(6)14-4/h1-2,6-8H,(H2,11,13). The summed E-state index contributed by atoms with van der Waals surface area (Å²) in [5.74, 6) is 0.357. The van der Waals surface area contributed by atoms with E-state index in [0.717, 1.165) is 11.3 Å². The predicted molar refractivity (Wildman–Crippen MR) is 49.1 cm³/mol. The third kappa shape index (κ3) is 0.889. The van der Waals surface area contributed by atoms with Crippen molar-refractivity contribution in [3.8, 4) is 5.75 Å². The predicted octanol–water partition coefficient (Wildman–Crippen LogP) is 0.695. The molecule has 5 heteroatoms. The Morgan fingerprint density at radius 1 is 1.64 bits per heavy atom. The molecule has 2 heterocycles. The molecule has 0 saturated heterocycles. The summed E-state index contributed by atoms with van der Waals surface area (Å²) < 4.78 is 5.51. The number of carbonyl (C=O) groups excluding carboxylic acids is 1. The molecule has 0 radical (unpaired) electrons. The minimum Gasteiger partial charge on any atom is -0.488 e. The van der Waals surface area contributed by atoms with Crippen molar-refractivity contribution >= 4 is 17.5 Å². The first-order valence-corrected chi connectivity index (χ1v) is 4.67. The minimum atomic E-state index is -0.305. The number of halogens is 1. The van der Waals surface area contributed by atoms with Gasteiger partial charge in [-0.3, -0.25) is 4.79 Å². The van der Waals surface area contributed by atoms with Crippen molar-refractivity contribution < 1.29 is 9.53 Å². The van der Waals surface area contributed by atoms with Gasteiger partial charge in [-0.25, -0.2) is 4.98 Å². The van der Waals surface area contributed by atoms with Crippen molar-refractivity contribution in [1.29, 1.82) is 0 Å². The average molecular weight is 211 g/mol. The third-order valence-corrected chi connectivity index (χ3v) is 2.97. The summed E-state index contributed by atoms with van der Waals surface area (Å²) in [5, 5.41) is 0.403. The van der Waals surface area contributed by atoms with Crippen molar-refractivity contribution in [3.05, 3.63) is 23.0 Å². The van der Waals surface area contributed by atoms with E-state index in [-0.39, 0.29) is 23.8 Å². The molecule has 1 aliphatic heterocycles. The number of carbonyl (C=O) groups is 1.